The van der Waals surface area contributed by atoms with E-state index in [2.05, 4.69) is 27.9 Å². The van der Waals surface area contributed by atoms with Crippen LogP contribution in [0.5, 0.6) is 0 Å². The second-order valence-corrected chi connectivity index (χ2v) is 8.52. The molecule has 0 spiro atoms. The Kier molecular flexibility index (Phi) is 6.51. The van der Waals surface area contributed by atoms with Crippen molar-refractivity contribution in [3.05, 3.63) is 82.0 Å². The van der Waals surface area contributed by atoms with E-state index in [1.165, 1.54) is 0 Å². The number of benzene rings is 2. The molecule has 8 nitrogen and oxygen atoms in total. The van der Waals surface area contributed by atoms with Gasteiger partial charge in [0.25, 0.3) is 5.56 Å². The minimum absolute atomic E-state index is 0.181. The van der Waals surface area contributed by atoms with Crippen LogP contribution in [0.15, 0.2) is 59.5 Å². The summed E-state index contributed by atoms with van der Waals surface area (Å²) >= 11 is 0. The van der Waals surface area contributed by atoms with Crippen LogP contribution in [0.4, 0.5) is 5.82 Å². The predicted molar refractivity (Wildman–Crippen MR) is 134 cm³/mol. The Morgan fingerprint density at radius 1 is 1.06 bits per heavy atom. The summed E-state index contributed by atoms with van der Waals surface area (Å²) in [6.07, 6.45) is 3.23. The summed E-state index contributed by atoms with van der Waals surface area (Å²) in [4.78, 5) is 29.5. The molecule has 1 fully saturated rings. The van der Waals surface area contributed by atoms with E-state index >= 15 is 0 Å². The number of rotatable bonds is 6. The maximum atomic E-state index is 13.6. The lowest BCUT2D eigenvalue weighted by atomic mass is 9.99. The molecule has 0 amide bonds. The van der Waals surface area contributed by atoms with Gasteiger partial charge in [-0.05, 0) is 29.2 Å². The molecule has 2 aromatic carbocycles. The summed E-state index contributed by atoms with van der Waals surface area (Å²) in [7, 11) is 0. The van der Waals surface area contributed by atoms with Crippen molar-refractivity contribution in [2.75, 3.05) is 31.2 Å². The maximum Gasteiger partial charge on any atom is 0.282 e. The van der Waals surface area contributed by atoms with Crippen LogP contribution >= 0.6 is 0 Å². The SMILES string of the molecule is CCCc1nc2ncc(N3CCOCC3)nc2c(=O)n1Cc1ccc(-c2ccccc2C#N)cc1. The molecular formula is C27H26N6O2. The van der Waals surface area contributed by atoms with Gasteiger partial charge in [0.1, 0.15) is 11.6 Å². The lowest BCUT2D eigenvalue weighted by Crippen LogP contribution is -2.37. The molecule has 0 bridgehead atoms. The zero-order chi connectivity index (χ0) is 24.2. The van der Waals surface area contributed by atoms with Gasteiger partial charge in [-0.1, -0.05) is 49.4 Å². The lowest BCUT2D eigenvalue weighted by molar-refractivity contribution is 0.122. The largest absolute Gasteiger partial charge is 0.378 e. The monoisotopic (exact) mass is 466 g/mol. The van der Waals surface area contributed by atoms with E-state index in [0.29, 0.717) is 49.0 Å². The Bertz CT molecular complexity index is 1450. The van der Waals surface area contributed by atoms with Crippen LogP contribution in [0.1, 0.15) is 30.3 Å². The predicted octanol–water partition coefficient (Wildman–Crippen LogP) is 3.56. The number of anilines is 1. The van der Waals surface area contributed by atoms with E-state index < -0.39 is 0 Å². The summed E-state index contributed by atoms with van der Waals surface area (Å²) in [6, 6.07) is 17.7. The van der Waals surface area contributed by atoms with Crippen molar-refractivity contribution in [3.63, 3.8) is 0 Å². The molecule has 1 aliphatic heterocycles. The van der Waals surface area contributed by atoms with Crippen LogP contribution in [0.25, 0.3) is 22.3 Å². The summed E-state index contributed by atoms with van der Waals surface area (Å²) in [5.74, 6) is 1.38. The third kappa shape index (κ3) is 4.63. The van der Waals surface area contributed by atoms with Crippen molar-refractivity contribution in [1.29, 1.82) is 5.26 Å². The zero-order valence-electron chi connectivity index (χ0n) is 19.6. The lowest BCUT2D eigenvalue weighted by Gasteiger charge is -2.27. The first-order chi connectivity index (χ1) is 17.2. The van der Waals surface area contributed by atoms with Gasteiger partial charge in [-0.2, -0.15) is 5.26 Å². The van der Waals surface area contributed by atoms with Gasteiger partial charge in [0.05, 0.1) is 37.6 Å². The van der Waals surface area contributed by atoms with Gasteiger partial charge < -0.3 is 9.64 Å². The molecule has 5 rings (SSSR count). The van der Waals surface area contributed by atoms with Crippen LogP contribution in [0, 0.1) is 11.3 Å². The average Bonchev–Trinajstić information content (AvgIpc) is 2.92. The Labute approximate surface area is 203 Å². The first-order valence-electron chi connectivity index (χ1n) is 11.9. The smallest absolute Gasteiger partial charge is 0.282 e. The third-order valence-electron chi connectivity index (χ3n) is 6.20. The number of nitrogens with zero attached hydrogens (tertiary/aromatic N) is 6. The number of nitriles is 1. The van der Waals surface area contributed by atoms with E-state index in [4.69, 9.17) is 9.72 Å². The number of hydrogen-bond donors (Lipinski definition) is 0. The number of morpholine rings is 1. The van der Waals surface area contributed by atoms with Gasteiger partial charge in [0.2, 0.25) is 0 Å². The molecule has 0 unspecified atom stereocenters. The molecule has 176 valence electrons. The molecule has 0 N–H and O–H groups in total. The van der Waals surface area contributed by atoms with Crippen molar-refractivity contribution in [1.82, 2.24) is 19.5 Å². The van der Waals surface area contributed by atoms with Gasteiger partial charge in [-0.15, -0.1) is 0 Å². The molecule has 8 heteroatoms. The topological polar surface area (TPSA) is 96.9 Å². The van der Waals surface area contributed by atoms with E-state index in [9.17, 15) is 10.1 Å². The number of aromatic nitrogens is 4. The number of hydrogen-bond acceptors (Lipinski definition) is 7. The molecule has 0 saturated carbocycles. The van der Waals surface area contributed by atoms with Crippen molar-refractivity contribution in [2.45, 2.75) is 26.3 Å². The van der Waals surface area contributed by atoms with E-state index in [1.807, 2.05) is 48.5 Å². The standard InChI is InChI=1S/C27H26N6O2/c1-2-5-23-31-26-25(30-24(17-29-26)32-12-14-35-15-13-32)27(34)33(23)18-19-8-10-20(11-9-19)22-7-4-3-6-21(22)16-28/h3-4,6-11,17H,2,5,12-15,18H2,1H3. The fourth-order valence-corrected chi connectivity index (χ4v) is 4.35. The van der Waals surface area contributed by atoms with Crippen molar-refractivity contribution < 1.29 is 4.74 Å². The Morgan fingerprint density at radius 2 is 1.83 bits per heavy atom. The molecule has 3 heterocycles. The summed E-state index contributed by atoms with van der Waals surface area (Å²) in [5, 5.41) is 9.41. The van der Waals surface area contributed by atoms with Gasteiger partial charge in [-0.25, -0.2) is 15.0 Å². The minimum atomic E-state index is -0.181. The quantitative estimate of drug-likeness (QED) is 0.429. The highest BCUT2D eigenvalue weighted by Crippen LogP contribution is 2.24. The first kappa shape index (κ1) is 22.7. The summed E-state index contributed by atoms with van der Waals surface area (Å²) in [5.41, 5.74) is 3.95. The van der Waals surface area contributed by atoms with Crippen molar-refractivity contribution >= 4 is 17.0 Å². The molecule has 0 radical (unpaired) electrons. The fourth-order valence-electron chi connectivity index (χ4n) is 4.35. The highest BCUT2D eigenvalue weighted by Gasteiger charge is 2.18. The second kappa shape index (κ2) is 10.0. The molecule has 4 aromatic rings. The molecule has 0 aliphatic carbocycles. The number of aryl methyl sites for hydroxylation is 1. The van der Waals surface area contributed by atoms with Gasteiger partial charge in [-0.3, -0.25) is 9.36 Å². The molecule has 1 saturated heterocycles. The van der Waals surface area contributed by atoms with Crippen LogP contribution in [0.3, 0.4) is 0 Å². The second-order valence-electron chi connectivity index (χ2n) is 8.52. The third-order valence-corrected chi connectivity index (χ3v) is 6.20. The Balaban J connectivity index is 1.51. The maximum absolute atomic E-state index is 13.6. The highest BCUT2D eigenvalue weighted by molar-refractivity contribution is 5.71. The van der Waals surface area contributed by atoms with E-state index in [1.54, 1.807) is 10.8 Å². The molecule has 2 aromatic heterocycles. The number of ether oxygens (including phenoxy) is 1. The van der Waals surface area contributed by atoms with Crippen LogP contribution < -0.4 is 10.5 Å². The Hall–Kier alpha value is -4.09. The van der Waals surface area contributed by atoms with Gasteiger partial charge in [0.15, 0.2) is 11.2 Å². The summed E-state index contributed by atoms with van der Waals surface area (Å²) in [6.45, 7) is 5.16. The summed E-state index contributed by atoms with van der Waals surface area (Å²) < 4.78 is 7.14. The molecule has 1 aliphatic rings. The molecule has 35 heavy (non-hydrogen) atoms. The van der Waals surface area contributed by atoms with Gasteiger partial charge in [0, 0.05) is 19.5 Å². The van der Waals surface area contributed by atoms with Crippen LogP contribution in [0.2, 0.25) is 0 Å². The van der Waals surface area contributed by atoms with Crippen LogP contribution in [-0.4, -0.2) is 45.8 Å². The first-order valence-corrected chi connectivity index (χ1v) is 11.9. The molecular weight excluding hydrogens is 440 g/mol. The minimum Gasteiger partial charge on any atom is -0.378 e. The van der Waals surface area contributed by atoms with E-state index in [0.717, 1.165) is 36.2 Å². The number of fused-ring (bicyclic) bond motifs is 1. The molecule has 0 atom stereocenters. The highest BCUT2D eigenvalue weighted by atomic mass is 16.5. The van der Waals surface area contributed by atoms with E-state index in [-0.39, 0.29) is 11.1 Å². The Morgan fingerprint density at radius 3 is 2.57 bits per heavy atom. The average molecular weight is 467 g/mol. The van der Waals surface area contributed by atoms with Gasteiger partial charge >= 0.3 is 0 Å². The van der Waals surface area contributed by atoms with Crippen molar-refractivity contribution in [3.8, 4) is 17.2 Å². The van der Waals surface area contributed by atoms with Crippen molar-refractivity contribution in [2.24, 2.45) is 0 Å². The fraction of sp³-hybridized carbons (Fsp3) is 0.296. The van der Waals surface area contributed by atoms with Crippen LogP contribution in [-0.2, 0) is 17.7 Å². The normalized spacial score (nSPS) is 13.7. The zero-order valence-corrected chi connectivity index (χ0v) is 19.6.